The summed E-state index contributed by atoms with van der Waals surface area (Å²) >= 11 is 0. The highest BCUT2D eigenvalue weighted by molar-refractivity contribution is 5.64. The van der Waals surface area contributed by atoms with Crippen molar-refractivity contribution in [2.75, 3.05) is 48.8 Å². The van der Waals surface area contributed by atoms with Gasteiger partial charge in [-0.3, -0.25) is 0 Å². The Labute approximate surface area is 191 Å². The van der Waals surface area contributed by atoms with Gasteiger partial charge in [-0.1, -0.05) is 26.0 Å². The van der Waals surface area contributed by atoms with E-state index in [1.807, 2.05) is 13.1 Å². The molecule has 2 heterocycles. The molecule has 1 aliphatic rings. The molecule has 32 heavy (non-hydrogen) atoms. The van der Waals surface area contributed by atoms with E-state index in [1.54, 1.807) is 0 Å². The van der Waals surface area contributed by atoms with Gasteiger partial charge in [0.2, 0.25) is 5.95 Å². The lowest BCUT2D eigenvalue weighted by atomic mass is 10.0. The van der Waals surface area contributed by atoms with Gasteiger partial charge < -0.3 is 20.4 Å². The van der Waals surface area contributed by atoms with E-state index in [0.717, 1.165) is 55.4 Å². The molecule has 0 radical (unpaired) electrons. The van der Waals surface area contributed by atoms with Crippen LogP contribution in [0.15, 0.2) is 54.7 Å². The highest BCUT2D eigenvalue weighted by Crippen LogP contribution is 2.24. The second-order valence-corrected chi connectivity index (χ2v) is 9.11. The number of rotatable bonds is 7. The largest absolute Gasteiger partial charge is 0.369 e. The molecule has 168 valence electrons. The Morgan fingerprint density at radius 3 is 2.41 bits per heavy atom. The van der Waals surface area contributed by atoms with Crippen LogP contribution in [0.1, 0.15) is 25.0 Å². The molecule has 1 fully saturated rings. The number of piperazine rings is 1. The van der Waals surface area contributed by atoms with E-state index < -0.39 is 0 Å². The standard InChI is InChI=1S/C26H34N6/c1-19(2)16-21-6-5-7-23(17-21)28-25-20(3)18-27-26(30-25)29-22-8-10-24(11-9-22)32-14-12-31(4)13-15-32/h5-11,17-19H,12-16H2,1-4H3,(H2,27,28,29,30). The van der Waals surface area contributed by atoms with Crippen LogP contribution in [0.4, 0.5) is 28.8 Å². The van der Waals surface area contributed by atoms with Gasteiger partial charge in [-0.05, 0) is 68.3 Å². The van der Waals surface area contributed by atoms with E-state index in [4.69, 9.17) is 4.98 Å². The summed E-state index contributed by atoms with van der Waals surface area (Å²) in [7, 11) is 2.18. The van der Waals surface area contributed by atoms with Gasteiger partial charge in [-0.2, -0.15) is 4.98 Å². The highest BCUT2D eigenvalue weighted by atomic mass is 15.2. The molecule has 1 aliphatic heterocycles. The van der Waals surface area contributed by atoms with Crippen LogP contribution in [0.3, 0.4) is 0 Å². The van der Waals surface area contributed by atoms with Gasteiger partial charge in [0.15, 0.2) is 0 Å². The maximum atomic E-state index is 4.72. The van der Waals surface area contributed by atoms with E-state index in [1.165, 1.54) is 11.3 Å². The summed E-state index contributed by atoms with van der Waals surface area (Å²) in [5, 5.41) is 6.81. The summed E-state index contributed by atoms with van der Waals surface area (Å²) in [6.45, 7) is 10.8. The average Bonchev–Trinajstić information content (AvgIpc) is 2.77. The van der Waals surface area contributed by atoms with Crippen LogP contribution in [0, 0.1) is 12.8 Å². The highest BCUT2D eigenvalue weighted by Gasteiger charge is 2.14. The van der Waals surface area contributed by atoms with Crippen molar-refractivity contribution in [2.45, 2.75) is 27.2 Å². The number of likely N-dealkylation sites (N-methyl/N-ethyl adjacent to an activating group) is 1. The summed E-state index contributed by atoms with van der Waals surface area (Å²) in [5.74, 6) is 2.03. The van der Waals surface area contributed by atoms with Crippen molar-refractivity contribution in [2.24, 2.45) is 5.92 Å². The first kappa shape index (κ1) is 22.1. The lowest BCUT2D eigenvalue weighted by Crippen LogP contribution is -2.44. The van der Waals surface area contributed by atoms with E-state index in [2.05, 4.69) is 94.8 Å². The zero-order valence-corrected chi connectivity index (χ0v) is 19.6. The molecule has 2 aromatic carbocycles. The molecule has 0 aliphatic carbocycles. The molecular weight excluding hydrogens is 396 g/mol. The van der Waals surface area contributed by atoms with Crippen molar-refractivity contribution >= 4 is 28.8 Å². The molecule has 6 nitrogen and oxygen atoms in total. The Balaban J connectivity index is 1.44. The van der Waals surface area contributed by atoms with Crippen molar-refractivity contribution in [3.05, 3.63) is 65.9 Å². The first-order valence-corrected chi connectivity index (χ1v) is 11.5. The molecule has 4 rings (SSSR count). The number of nitrogens with zero attached hydrogens (tertiary/aromatic N) is 4. The predicted molar refractivity (Wildman–Crippen MR) is 134 cm³/mol. The lowest BCUT2D eigenvalue weighted by molar-refractivity contribution is 0.313. The third-order valence-electron chi connectivity index (χ3n) is 5.80. The minimum Gasteiger partial charge on any atom is -0.369 e. The van der Waals surface area contributed by atoms with Crippen LogP contribution < -0.4 is 15.5 Å². The number of anilines is 5. The van der Waals surface area contributed by atoms with Gasteiger partial charge in [0, 0.05) is 55.0 Å². The Morgan fingerprint density at radius 2 is 1.69 bits per heavy atom. The van der Waals surface area contributed by atoms with Crippen molar-refractivity contribution in [3.63, 3.8) is 0 Å². The zero-order chi connectivity index (χ0) is 22.5. The maximum absolute atomic E-state index is 4.72. The molecule has 1 aromatic heterocycles. The first-order chi connectivity index (χ1) is 15.5. The van der Waals surface area contributed by atoms with Crippen LogP contribution in [0.2, 0.25) is 0 Å². The molecule has 1 saturated heterocycles. The Bertz CT molecular complexity index is 1020. The summed E-state index contributed by atoms with van der Waals surface area (Å²) in [5.41, 5.74) is 5.63. The maximum Gasteiger partial charge on any atom is 0.229 e. The summed E-state index contributed by atoms with van der Waals surface area (Å²) < 4.78 is 0. The summed E-state index contributed by atoms with van der Waals surface area (Å²) in [6, 6.07) is 17.1. The second-order valence-electron chi connectivity index (χ2n) is 9.11. The van der Waals surface area contributed by atoms with Gasteiger partial charge in [0.05, 0.1) is 0 Å². The van der Waals surface area contributed by atoms with Gasteiger partial charge in [-0.15, -0.1) is 0 Å². The van der Waals surface area contributed by atoms with Crippen LogP contribution in [0.5, 0.6) is 0 Å². The van der Waals surface area contributed by atoms with Crippen LogP contribution in [0.25, 0.3) is 0 Å². The number of nitrogens with one attached hydrogen (secondary N) is 2. The molecular formula is C26H34N6. The Morgan fingerprint density at radius 1 is 0.938 bits per heavy atom. The smallest absolute Gasteiger partial charge is 0.229 e. The summed E-state index contributed by atoms with van der Waals surface area (Å²) in [6.07, 6.45) is 2.92. The second kappa shape index (κ2) is 10.0. The van der Waals surface area contributed by atoms with Crippen LogP contribution in [-0.2, 0) is 6.42 Å². The fraction of sp³-hybridized carbons (Fsp3) is 0.385. The molecule has 0 bridgehead atoms. The Hall–Kier alpha value is -3.12. The number of benzene rings is 2. The van der Waals surface area contributed by atoms with Crippen molar-refractivity contribution < 1.29 is 0 Å². The lowest BCUT2D eigenvalue weighted by Gasteiger charge is -2.34. The van der Waals surface area contributed by atoms with E-state index >= 15 is 0 Å². The molecule has 3 aromatic rings. The minimum absolute atomic E-state index is 0.587. The van der Waals surface area contributed by atoms with Gasteiger partial charge in [-0.25, -0.2) is 4.98 Å². The van der Waals surface area contributed by atoms with Crippen LogP contribution in [-0.4, -0.2) is 48.1 Å². The van der Waals surface area contributed by atoms with E-state index in [0.29, 0.717) is 11.9 Å². The average molecular weight is 431 g/mol. The molecule has 0 spiro atoms. The molecule has 2 N–H and O–H groups in total. The predicted octanol–water partition coefficient (Wildman–Crippen LogP) is 5.22. The third-order valence-corrected chi connectivity index (χ3v) is 5.80. The number of aromatic nitrogens is 2. The first-order valence-electron chi connectivity index (χ1n) is 11.5. The molecule has 0 saturated carbocycles. The topological polar surface area (TPSA) is 56.3 Å². The van der Waals surface area contributed by atoms with Crippen LogP contribution >= 0.6 is 0 Å². The van der Waals surface area contributed by atoms with Crippen molar-refractivity contribution in [1.82, 2.24) is 14.9 Å². The molecule has 0 atom stereocenters. The summed E-state index contributed by atoms with van der Waals surface area (Å²) in [4.78, 5) is 14.0. The third kappa shape index (κ3) is 5.77. The van der Waals surface area contributed by atoms with Gasteiger partial charge in [0.25, 0.3) is 0 Å². The number of aryl methyl sites for hydroxylation is 1. The van der Waals surface area contributed by atoms with Gasteiger partial charge in [0.1, 0.15) is 5.82 Å². The molecule has 6 heteroatoms. The van der Waals surface area contributed by atoms with E-state index in [-0.39, 0.29) is 0 Å². The van der Waals surface area contributed by atoms with Crippen molar-refractivity contribution in [3.8, 4) is 0 Å². The normalized spacial score (nSPS) is 14.6. The Kier molecular flexibility index (Phi) is 6.90. The van der Waals surface area contributed by atoms with Crippen molar-refractivity contribution in [1.29, 1.82) is 0 Å². The molecule has 0 amide bonds. The number of hydrogen-bond acceptors (Lipinski definition) is 6. The fourth-order valence-electron chi connectivity index (χ4n) is 3.96. The number of hydrogen-bond donors (Lipinski definition) is 2. The minimum atomic E-state index is 0.587. The van der Waals surface area contributed by atoms with Gasteiger partial charge >= 0.3 is 0 Å². The quantitative estimate of drug-likeness (QED) is 0.536. The fourth-order valence-corrected chi connectivity index (χ4v) is 3.96. The zero-order valence-electron chi connectivity index (χ0n) is 19.6. The SMILES string of the molecule is Cc1cnc(Nc2ccc(N3CCN(C)CC3)cc2)nc1Nc1cccc(CC(C)C)c1. The monoisotopic (exact) mass is 430 g/mol. The molecule has 0 unspecified atom stereocenters. The van der Waals surface area contributed by atoms with E-state index in [9.17, 15) is 0 Å².